The number of nitrogens with two attached hydrogens (primary N) is 2. The van der Waals surface area contributed by atoms with E-state index in [-0.39, 0.29) is 5.91 Å². The molecule has 104 valence electrons. The molecular formula is C13H17Cl2N3O. The van der Waals surface area contributed by atoms with E-state index in [9.17, 15) is 4.79 Å². The summed E-state index contributed by atoms with van der Waals surface area (Å²) in [6.07, 6.45) is 2.29. The SMILES string of the molecule is NC(=O)CC1CCN(c2c(Cl)cc(N)cc2Cl)CC1. The zero-order chi connectivity index (χ0) is 14.0. The highest BCUT2D eigenvalue weighted by molar-refractivity contribution is 6.39. The zero-order valence-electron chi connectivity index (χ0n) is 10.5. The third-order valence-electron chi connectivity index (χ3n) is 3.46. The van der Waals surface area contributed by atoms with Crippen molar-refractivity contribution >= 4 is 40.5 Å². The van der Waals surface area contributed by atoms with Gasteiger partial charge in [-0.2, -0.15) is 0 Å². The normalized spacial score (nSPS) is 16.6. The van der Waals surface area contributed by atoms with Gasteiger partial charge < -0.3 is 16.4 Å². The Morgan fingerprint density at radius 2 is 1.79 bits per heavy atom. The van der Waals surface area contributed by atoms with E-state index in [1.807, 2.05) is 0 Å². The van der Waals surface area contributed by atoms with Gasteiger partial charge in [-0.05, 0) is 30.9 Å². The molecular weight excluding hydrogens is 285 g/mol. The summed E-state index contributed by atoms with van der Waals surface area (Å²) in [5.74, 6) is 0.127. The van der Waals surface area contributed by atoms with Gasteiger partial charge >= 0.3 is 0 Å². The number of carbonyl (C=O) groups is 1. The molecule has 0 aromatic heterocycles. The van der Waals surface area contributed by atoms with Crippen molar-refractivity contribution in [3.8, 4) is 0 Å². The lowest BCUT2D eigenvalue weighted by atomic mass is 9.93. The molecule has 1 heterocycles. The third-order valence-corrected chi connectivity index (χ3v) is 4.04. The minimum absolute atomic E-state index is 0.234. The zero-order valence-corrected chi connectivity index (χ0v) is 12.0. The average Bonchev–Trinajstić information content (AvgIpc) is 2.29. The van der Waals surface area contributed by atoms with Gasteiger partial charge in [-0.25, -0.2) is 0 Å². The summed E-state index contributed by atoms with van der Waals surface area (Å²) in [5, 5.41) is 1.14. The van der Waals surface area contributed by atoms with Gasteiger partial charge in [0.1, 0.15) is 0 Å². The summed E-state index contributed by atoms with van der Waals surface area (Å²) in [6, 6.07) is 3.41. The van der Waals surface area contributed by atoms with Crippen LogP contribution >= 0.6 is 23.2 Å². The molecule has 19 heavy (non-hydrogen) atoms. The molecule has 2 rings (SSSR count). The summed E-state index contributed by atoms with van der Waals surface area (Å²) < 4.78 is 0. The lowest BCUT2D eigenvalue weighted by molar-refractivity contribution is -0.119. The average molecular weight is 302 g/mol. The first-order chi connectivity index (χ1) is 8.97. The number of rotatable bonds is 3. The number of anilines is 2. The predicted octanol–water partition coefficient (Wildman–Crippen LogP) is 2.67. The molecule has 0 unspecified atom stereocenters. The van der Waals surface area contributed by atoms with Gasteiger partial charge in [-0.3, -0.25) is 4.79 Å². The molecule has 0 bridgehead atoms. The standard InChI is InChI=1S/C13H17Cl2N3O/c14-10-6-9(16)7-11(15)13(10)18-3-1-8(2-4-18)5-12(17)19/h6-8H,1-5,16H2,(H2,17,19). The van der Waals surface area contributed by atoms with Crippen LogP contribution in [0.5, 0.6) is 0 Å². The fourth-order valence-electron chi connectivity index (χ4n) is 2.53. The van der Waals surface area contributed by atoms with Crippen molar-refractivity contribution in [1.82, 2.24) is 0 Å². The number of carbonyl (C=O) groups excluding carboxylic acids is 1. The lowest BCUT2D eigenvalue weighted by Crippen LogP contribution is -2.35. The Morgan fingerprint density at radius 1 is 1.26 bits per heavy atom. The third kappa shape index (κ3) is 3.45. The highest BCUT2D eigenvalue weighted by atomic mass is 35.5. The number of nitrogen functional groups attached to an aromatic ring is 1. The molecule has 1 aromatic carbocycles. The molecule has 1 saturated heterocycles. The number of nitrogens with zero attached hydrogens (tertiary/aromatic N) is 1. The second kappa shape index (κ2) is 5.88. The summed E-state index contributed by atoms with van der Waals surface area (Å²) in [7, 11) is 0. The largest absolute Gasteiger partial charge is 0.399 e. The molecule has 4 nitrogen and oxygen atoms in total. The van der Waals surface area contributed by atoms with Crippen molar-refractivity contribution in [2.24, 2.45) is 11.7 Å². The smallest absolute Gasteiger partial charge is 0.217 e. The van der Waals surface area contributed by atoms with Crippen molar-refractivity contribution in [2.45, 2.75) is 19.3 Å². The Kier molecular flexibility index (Phi) is 4.42. The number of amides is 1. The minimum atomic E-state index is -0.234. The quantitative estimate of drug-likeness (QED) is 0.843. The van der Waals surface area contributed by atoms with Gasteiger partial charge in [0, 0.05) is 25.2 Å². The van der Waals surface area contributed by atoms with Gasteiger partial charge in [0.25, 0.3) is 0 Å². The van der Waals surface area contributed by atoms with Crippen LogP contribution in [0.1, 0.15) is 19.3 Å². The van der Waals surface area contributed by atoms with E-state index in [0.717, 1.165) is 31.6 Å². The van der Waals surface area contributed by atoms with Crippen molar-refractivity contribution in [3.05, 3.63) is 22.2 Å². The van der Waals surface area contributed by atoms with Crippen molar-refractivity contribution in [1.29, 1.82) is 0 Å². The van der Waals surface area contributed by atoms with Crippen LogP contribution < -0.4 is 16.4 Å². The second-order valence-corrected chi connectivity index (χ2v) is 5.75. The van der Waals surface area contributed by atoms with Crippen LogP contribution in [0.15, 0.2) is 12.1 Å². The van der Waals surface area contributed by atoms with Crippen molar-refractivity contribution < 1.29 is 4.79 Å². The van der Waals surface area contributed by atoms with E-state index in [0.29, 0.717) is 28.1 Å². The molecule has 1 fully saturated rings. The first-order valence-corrected chi connectivity index (χ1v) is 7.00. The van der Waals surface area contributed by atoms with Crippen LogP contribution in [-0.4, -0.2) is 19.0 Å². The highest BCUT2D eigenvalue weighted by Crippen LogP contribution is 2.38. The topological polar surface area (TPSA) is 72.4 Å². The Bertz CT molecular complexity index is 462. The first kappa shape index (κ1) is 14.3. The number of halogens is 2. The van der Waals surface area contributed by atoms with E-state index in [2.05, 4.69) is 4.90 Å². The Hall–Kier alpha value is -1.13. The first-order valence-electron chi connectivity index (χ1n) is 6.25. The van der Waals surface area contributed by atoms with Crippen molar-refractivity contribution in [3.63, 3.8) is 0 Å². The van der Waals surface area contributed by atoms with Gasteiger partial charge in [0.15, 0.2) is 0 Å². The van der Waals surface area contributed by atoms with Crippen LogP contribution in [0.3, 0.4) is 0 Å². The number of primary amides is 1. The van der Waals surface area contributed by atoms with Crippen LogP contribution in [0.25, 0.3) is 0 Å². The molecule has 1 aliphatic heterocycles. The molecule has 6 heteroatoms. The Balaban J connectivity index is 2.08. The molecule has 0 aliphatic carbocycles. The Morgan fingerprint density at radius 3 is 2.26 bits per heavy atom. The maximum absolute atomic E-state index is 10.9. The predicted molar refractivity (Wildman–Crippen MR) is 79.6 cm³/mol. The molecule has 1 aliphatic rings. The molecule has 1 aromatic rings. The van der Waals surface area contributed by atoms with E-state index in [1.165, 1.54) is 0 Å². The molecule has 0 spiro atoms. The second-order valence-electron chi connectivity index (χ2n) is 4.93. The van der Waals surface area contributed by atoms with Gasteiger partial charge in [-0.1, -0.05) is 23.2 Å². The van der Waals surface area contributed by atoms with Gasteiger partial charge in [0.2, 0.25) is 5.91 Å². The van der Waals surface area contributed by atoms with Crippen LogP contribution in [0, 0.1) is 5.92 Å². The molecule has 4 N–H and O–H groups in total. The van der Waals surface area contributed by atoms with Crippen LogP contribution in [0.2, 0.25) is 10.0 Å². The van der Waals surface area contributed by atoms with E-state index < -0.39 is 0 Å². The molecule has 0 radical (unpaired) electrons. The van der Waals surface area contributed by atoms with Gasteiger partial charge in [-0.15, -0.1) is 0 Å². The monoisotopic (exact) mass is 301 g/mol. The number of piperidine rings is 1. The summed E-state index contributed by atoms with van der Waals surface area (Å²) in [5.41, 5.74) is 12.3. The fourth-order valence-corrected chi connectivity index (χ4v) is 3.28. The van der Waals surface area contributed by atoms with Crippen LogP contribution in [0.4, 0.5) is 11.4 Å². The number of hydrogen-bond donors (Lipinski definition) is 2. The Labute approximate surface area is 122 Å². The number of benzene rings is 1. The maximum Gasteiger partial charge on any atom is 0.217 e. The van der Waals surface area contributed by atoms with E-state index >= 15 is 0 Å². The minimum Gasteiger partial charge on any atom is -0.399 e. The molecule has 0 atom stereocenters. The molecule has 1 amide bonds. The van der Waals surface area contributed by atoms with Crippen molar-refractivity contribution in [2.75, 3.05) is 23.7 Å². The van der Waals surface area contributed by atoms with Crippen LogP contribution in [-0.2, 0) is 4.79 Å². The fraction of sp³-hybridized carbons (Fsp3) is 0.462. The lowest BCUT2D eigenvalue weighted by Gasteiger charge is -2.34. The number of hydrogen-bond acceptors (Lipinski definition) is 3. The highest BCUT2D eigenvalue weighted by Gasteiger charge is 2.23. The van der Waals surface area contributed by atoms with E-state index in [1.54, 1.807) is 12.1 Å². The maximum atomic E-state index is 10.9. The van der Waals surface area contributed by atoms with Gasteiger partial charge in [0.05, 0.1) is 15.7 Å². The summed E-state index contributed by atoms with van der Waals surface area (Å²) in [4.78, 5) is 13.1. The summed E-state index contributed by atoms with van der Waals surface area (Å²) in [6.45, 7) is 1.64. The van der Waals surface area contributed by atoms with E-state index in [4.69, 9.17) is 34.7 Å². The summed E-state index contributed by atoms with van der Waals surface area (Å²) >= 11 is 12.4. The molecule has 0 saturated carbocycles.